The number of rotatable bonds is 7. The van der Waals surface area contributed by atoms with Crippen LogP contribution in [0, 0.1) is 10.8 Å². The summed E-state index contributed by atoms with van der Waals surface area (Å²) in [5.74, 6) is -0.230. The van der Waals surface area contributed by atoms with E-state index in [4.69, 9.17) is 4.74 Å². The fourth-order valence-corrected chi connectivity index (χ4v) is 5.25. The molecule has 37 heavy (non-hydrogen) atoms. The molecule has 1 fully saturated rings. The first kappa shape index (κ1) is 26.6. The number of esters is 1. The maximum absolute atomic E-state index is 13.7. The van der Waals surface area contributed by atoms with Crippen molar-refractivity contribution in [2.45, 2.75) is 59.1 Å². The van der Waals surface area contributed by atoms with E-state index in [1.54, 1.807) is 19.2 Å². The number of hydrogen-bond acceptors (Lipinski definition) is 6. The van der Waals surface area contributed by atoms with Crippen molar-refractivity contribution in [1.29, 1.82) is 0 Å². The number of fused-ring (bicyclic) bond motifs is 1. The van der Waals surface area contributed by atoms with Gasteiger partial charge in [0.05, 0.1) is 47.9 Å². The highest BCUT2D eigenvalue weighted by molar-refractivity contribution is 5.98. The topological polar surface area (TPSA) is 81.2 Å². The first-order chi connectivity index (χ1) is 17.5. The number of alkyl halides is 3. The molecule has 2 heterocycles. The van der Waals surface area contributed by atoms with Crippen molar-refractivity contribution in [2.24, 2.45) is 10.8 Å². The lowest BCUT2D eigenvalue weighted by molar-refractivity contribution is -0.153. The van der Waals surface area contributed by atoms with Crippen molar-refractivity contribution in [1.82, 2.24) is 9.97 Å². The zero-order valence-electron chi connectivity index (χ0n) is 21.1. The molecule has 0 aromatic carbocycles. The van der Waals surface area contributed by atoms with Gasteiger partial charge in [0.15, 0.2) is 0 Å². The lowest BCUT2D eigenvalue weighted by Gasteiger charge is -2.47. The third-order valence-corrected chi connectivity index (χ3v) is 7.49. The van der Waals surface area contributed by atoms with Gasteiger partial charge in [-0.05, 0) is 69.4 Å². The van der Waals surface area contributed by atoms with Crippen LogP contribution in [0.15, 0.2) is 54.4 Å². The lowest BCUT2D eigenvalue weighted by Crippen LogP contribution is -2.48. The normalized spacial score (nSPS) is 23.6. The van der Waals surface area contributed by atoms with E-state index in [-0.39, 0.29) is 18.2 Å². The Labute approximate surface area is 214 Å². The van der Waals surface area contributed by atoms with Gasteiger partial charge >= 0.3 is 12.1 Å². The minimum Gasteiger partial charge on any atom is -0.466 e. The van der Waals surface area contributed by atoms with E-state index in [1.165, 1.54) is 6.07 Å². The Morgan fingerprint density at radius 1 is 1.11 bits per heavy atom. The van der Waals surface area contributed by atoms with Crippen molar-refractivity contribution in [2.75, 3.05) is 11.9 Å². The summed E-state index contributed by atoms with van der Waals surface area (Å²) in [5.41, 5.74) is 1.40. The second kappa shape index (κ2) is 10.1. The molecule has 2 aliphatic carbocycles. The third-order valence-electron chi connectivity index (χ3n) is 7.49. The molecule has 0 amide bonds. The molecule has 196 valence electrons. The van der Waals surface area contributed by atoms with Gasteiger partial charge in [0.2, 0.25) is 0 Å². The number of Topliss-reactive ketones (excluding diaryl/α,β-unsaturated/α-hetero) is 1. The van der Waals surface area contributed by atoms with Crippen LogP contribution in [0.1, 0.15) is 64.3 Å². The third kappa shape index (κ3) is 5.31. The number of anilines is 2. The van der Waals surface area contributed by atoms with Crippen molar-refractivity contribution in [3.63, 3.8) is 0 Å². The highest BCUT2D eigenvalue weighted by atomic mass is 19.4. The summed E-state index contributed by atoms with van der Waals surface area (Å²) in [4.78, 5) is 34.0. The Morgan fingerprint density at radius 3 is 2.38 bits per heavy atom. The number of nitrogens with one attached hydrogen (secondary N) is 1. The van der Waals surface area contributed by atoms with Gasteiger partial charge in [0.1, 0.15) is 11.5 Å². The van der Waals surface area contributed by atoms with Crippen LogP contribution in [0.2, 0.25) is 0 Å². The van der Waals surface area contributed by atoms with E-state index in [9.17, 15) is 22.8 Å². The van der Waals surface area contributed by atoms with E-state index < -0.39 is 22.7 Å². The molecule has 2 aliphatic rings. The molecule has 6 nitrogen and oxygen atoms in total. The van der Waals surface area contributed by atoms with Gasteiger partial charge in [-0.1, -0.05) is 24.6 Å². The van der Waals surface area contributed by atoms with Gasteiger partial charge < -0.3 is 10.1 Å². The number of halogens is 3. The van der Waals surface area contributed by atoms with Crippen LogP contribution in [0.4, 0.5) is 24.5 Å². The standard InChI is InChI=1S/C28H30F3N3O3/c1-4-27(15-24(35)37-5-2)13-11-19-14-18(10-12-26(19,3)25(27)36)22-8-6-20(16-32-22)34-21-7-9-23(33-17-21)28(29,30)31/h6-10,14,16-17,34H,4-5,11-13,15H2,1-3H3. The van der Waals surface area contributed by atoms with Crippen molar-refractivity contribution in [3.8, 4) is 0 Å². The summed E-state index contributed by atoms with van der Waals surface area (Å²) in [5, 5.41) is 3.00. The maximum atomic E-state index is 13.7. The summed E-state index contributed by atoms with van der Waals surface area (Å²) in [6.07, 6.45) is 4.83. The minimum atomic E-state index is -4.48. The van der Waals surface area contributed by atoms with E-state index >= 15 is 0 Å². The Bertz CT molecular complexity index is 1240. The molecule has 1 saturated carbocycles. The predicted octanol–water partition coefficient (Wildman–Crippen LogP) is 6.67. The maximum Gasteiger partial charge on any atom is 0.433 e. The molecular formula is C28H30F3N3O3. The number of allylic oxidation sites excluding steroid dienone is 4. The van der Waals surface area contributed by atoms with Crippen molar-refractivity contribution >= 4 is 28.7 Å². The van der Waals surface area contributed by atoms with E-state index in [0.29, 0.717) is 43.7 Å². The number of pyridine rings is 2. The molecule has 1 N–H and O–H groups in total. The first-order valence-corrected chi connectivity index (χ1v) is 12.4. The second-order valence-corrected chi connectivity index (χ2v) is 9.80. The van der Waals surface area contributed by atoms with Gasteiger partial charge in [0.25, 0.3) is 0 Å². The summed E-state index contributed by atoms with van der Waals surface area (Å²) in [6.45, 7) is 5.97. The van der Waals surface area contributed by atoms with Crippen LogP contribution >= 0.6 is 0 Å². The van der Waals surface area contributed by atoms with E-state index in [0.717, 1.165) is 29.1 Å². The number of ether oxygens (including phenoxy) is 1. The summed E-state index contributed by atoms with van der Waals surface area (Å²) in [6, 6.07) is 5.86. The molecule has 0 aliphatic heterocycles. The molecule has 0 spiro atoms. The van der Waals surface area contributed by atoms with Crippen molar-refractivity contribution in [3.05, 3.63) is 65.8 Å². The summed E-state index contributed by atoms with van der Waals surface area (Å²) >= 11 is 0. The van der Waals surface area contributed by atoms with Crippen molar-refractivity contribution < 1.29 is 27.5 Å². The van der Waals surface area contributed by atoms with Gasteiger partial charge in [0, 0.05) is 5.41 Å². The number of carbonyl (C=O) groups is 2. The molecule has 0 saturated heterocycles. The largest absolute Gasteiger partial charge is 0.466 e. The Balaban J connectivity index is 1.47. The molecule has 4 rings (SSSR count). The average Bonchev–Trinajstić information content (AvgIpc) is 2.87. The van der Waals surface area contributed by atoms with Crippen LogP contribution in [-0.2, 0) is 20.5 Å². The predicted molar refractivity (Wildman–Crippen MR) is 134 cm³/mol. The average molecular weight is 514 g/mol. The van der Waals surface area contributed by atoms with Crippen LogP contribution in [0.5, 0.6) is 0 Å². The zero-order chi connectivity index (χ0) is 26.8. The molecular weight excluding hydrogens is 483 g/mol. The Hall–Kier alpha value is -3.49. The van der Waals surface area contributed by atoms with Crippen LogP contribution in [-0.4, -0.2) is 28.3 Å². The van der Waals surface area contributed by atoms with Gasteiger partial charge in [-0.3, -0.25) is 14.6 Å². The Kier molecular flexibility index (Phi) is 7.26. The van der Waals surface area contributed by atoms with E-state index in [1.807, 2.05) is 32.1 Å². The molecule has 0 bridgehead atoms. The molecule has 2 aromatic rings. The molecule has 2 unspecified atom stereocenters. The quantitative estimate of drug-likeness (QED) is 0.417. The number of ketones is 1. The smallest absolute Gasteiger partial charge is 0.433 e. The van der Waals surface area contributed by atoms with Crippen LogP contribution in [0.25, 0.3) is 5.57 Å². The number of nitrogens with zero attached hydrogens (tertiary/aromatic N) is 2. The van der Waals surface area contributed by atoms with Crippen LogP contribution < -0.4 is 5.32 Å². The fraction of sp³-hybridized carbons (Fsp3) is 0.429. The number of hydrogen-bond donors (Lipinski definition) is 1. The highest BCUT2D eigenvalue weighted by Gasteiger charge is 2.53. The molecule has 2 atom stereocenters. The monoisotopic (exact) mass is 513 g/mol. The van der Waals surface area contributed by atoms with Gasteiger partial charge in [-0.15, -0.1) is 0 Å². The number of aromatic nitrogens is 2. The Morgan fingerprint density at radius 2 is 1.81 bits per heavy atom. The first-order valence-electron chi connectivity index (χ1n) is 12.4. The highest BCUT2D eigenvalue weighted by Crippen LogP contribution is 2.54. The van der Waals surface area contributed by atoms with E-state index in [2.05, 4.69) is 15.3 Å². The zero-order valence-corrected chi connectivity index (χ0v) is 21.1. The van der Waals surface area contributed by atoms with Gasteiger partial charge in [-0.2, -0.15) is 13.2 Å². The molecule has 9 heteroatoms. The fourth-order valence-electron chi connectivity index (χ4n) is 5.25. The second-order valence-electron chi connectivity index (χ2n) is 9.80. The number of carbonyl (C=O) groups excluding carboxylic acids is 2. The summed E-state index contributed by atoms with van der Waals surface area (Å²) in [7, 11) is 0. The molecule has 0 radical (unpaired) electrons. The van der Waals surface area contributed by atoms with Gasteiger partial charge in [-0.25, -0.2) is 4.98 Å². The van der Waals surface area contributed by atoms with Crippen LogP contribution in [0.3, 0.4) is 0 Å². The summed E-state index contributed by atoms with van der Waals surface area (Å²) < 4.78 is 43.3. The molecule has 2 aromatic heterocycles. The minimum absolute atomic E-state index is 0.0982. The lowest BCUT2D eigenvalue weighted by atomic mass is 9.55. The SMILES string of the molecule is CCOC(=O)CC1(CC)CCC2=CC(c3ccc(Nc4ccc(C(F)(F)F)nc4)cn3)=CCC2(C)C1=O.